The number of hydrogen-bond acceptors (Lipinski definition) is 5. The van der Waals surface area contributed by atoms with E-state index in [9.17, 15) is 32.9 Å². The fourth-order valence-electron chi connectivity index (χ4n) is 3.40. The van der Waals surface area contributed by atoms with Crippen molar-refractivity contribution in [2.24, 2.45) is 0 Å². The van der Waals surface area contributed by atoms with Crippen LogP contribution in [-0.4, -0.2) is 27.8 Å². The number of halogens is 3. The number of benzene rings is 2. The van der Waals surface area contributed by atoms with E-state index in [0.717, 1.165) is 18.2 Å². The molecular formula is C24H19F3N2O5. The number of ketones is 1. The number of nitro groups is 1. The molecule has 0 amide bonds. The maximum absolute atomic E-state index is 13.1. The van der Waals surface area contributed by atoms with Gasteiger partial charge >= 0.3 is 12.1 Å². The van der Waals surface area contributed by atoms with Crippen LogP contribution in [0.15, 0.2) is 60.7 Å². The Morgan fingerprint density at radius 2 is 1.76 bits per heavy atom. The molecule has 0 unspecified atom stereocenters. The summed E-state index contributed by atoms with van der Waals surface area (Å²) in [5.74, 6) is -1.30. The molecule has 176 valence electrons. The average Bonchev–Trinajstić information content (AvgIpc) is 3.09. The van der Waals surface area contributed by atoms with Gasteiger partial charge in [0.1, 0.15) is 0 Å². The average molecular weight is 472 g/mol. The number of carbonyl (C=O) groups is 2. The second kappa shape index (κ2) is 9.74. The third-order valence-electron chi connectivity index (χ3n) is 5.02. The zero-order valence-electron chi connectivity index (χ0n) is 18.1. The van der Waals surface area contributed by atoms with Crippen molar-refractivity contribution in [3.05, 3.63) is 98.9 Å². The van der Waals surface area contributed by atoms with Gasteiger partial charge in [0, 0.05) is 40.8 Å². The van der Waals surface area contributed by atoms with Gasteiger partial charge in [-0.25, -0.2) is 4.79 Å². The Balaban J connectivity index is 1.69. The van der Waals surface area contributed by atoms with Gasteiger partial charge in [0.25, 0.3) is 5.69 Å². The fourth-order valence-corrected chi connectivity index (χ4v) is 3.40. The molecule has 0 radical (unpaired) electrons. The Labute approximate surface area is 192 Å². The summed E-state index contributed by atoms with van der Waals surface area (Å²) in [5.41, 5.74) is 1.07. The molecule has 3 rings (SSSR count). The number of hydrogen-bond donors (Lipinski definition) is 0. The molecule has 0 atom stereocenters. The lowest BCUT2D eigenvalue weighted by Gasteiger charge is -2.13. The second-order valence-electron chi connectivity index (χ2n) is 7.38. The molecule has 0 saturated heterocycles. The van der Waals surface area contributed by atoms with Gasteiger partial charge in [-0.15, -0.1) is 0 Å². The van der Waals surface area contributed by atoms with E-state index in [2.05, 4.69) is 0 Å². The Hall–Kier alpha value is -4.21. The summed E-state index contributed by atoms with van der Waals surface area (Å²) in [4.78, 5) is 34.7. The number of aryl methyl sites for hydroxylation is 1. The third-order valence-corrected chi connectivity index (χ3v) is 5.02. The molecule has 1 heterocycles. The highest BCUT2D eigenvalue weighted by atomic mass is 19.4. The molecule has 0 aliphatic rings. The monoisotopic (exact) mass is 472 g/mol. The first-order chi connectivity index (χ1) is 16.0. The van der Waals surface area contributed by atoms with Crippen LogP contribution in [0.1, 0.15) is 32.9 Å². The first-order valence-electron chi connectivity index (χ1n) is 9.96. The van der Waals surface area contributed by atoms with Crippen molar-refractivity contribution in [3.63, 3.8) is 0 Å². The van der Waals surface area contributed by atoms with Crippen molar-refractivity contribution < 1.29 is 32.4 Å². The number of Topliss-reactive ketones (excluding diaryl/α,β-unsaturated/α-hetero) is 1. The highest BCUT2D eigenvalue weighted by Crippen LogP contribution is 2.31. The van der Waals surface area contributed by atoms with E-state index in [1.165, 1.54) is 53.1 Å². The highest BCUT2D eigenvalue weighted by molar-refractivity contribution is 6.00. The molecule has 0 bridgehead atoms. The molecule has 0 fully saturated rings. The van der Waals surface area contributed by atoms with Gasteiger partial charge in [-0.2, -0.15) is 13.2 Å². The van der Waals surface area contributed by atoms with Crippen LogP contribution in [0.4, 0.5) is 18.9 Å². The summed E-state index contributed by atoms with van der Waals surface area (Å²) in [6.07, 6.45) is -2.03. The van der Waals surface area contributed by atoms with Gasteiger partial charge < -0.3 is 9.30 Å². The molecule has 7 nitrogen and oxygen atoms in total. The van der Waals surface area contributed by atoms with Crippen molar-refractivity contribution in [2.45, 2.75) is 20.0 Å². The van der Waals surface area contributed by atoms with E-state index < -0.39 is 35.0 Å². The lowest BCUT2D eigenvalue weighted by molar-refractivity contribution is -0.384. The van der Waals surface area contributed by atoms with Crippen LogP contribution in [0.25, 0.3) is 11.8 Å². The zero-order chi connectivity index (χ0) is 25.0. The van der Waals surface area contributed by atoms with Crippen molar-refractivity contribution in [2.75, 3.05) is 6.61 Å². The topological polar surface area (TPSA) is 91.4 Å². The van der Waals surface area contributed by atoms with E-state index in [1.807, 2.05) is 0 Å². The van der Waals surface area contributed by atoms with Gasteiger partial charge in [0.15, 0.2) is 6.61 Å². The number of ether oxygens (including phenoxy) is 1. The zero-order valence-corrected chi connectivity index (χ0v) is 18.1. The Kier molecular flexibility index (Phi) is 7.00. The Bertz CT molecular complexity index is 1270. The number of nitrogens with zero attached hydrogens (tertiary/aromatic N) is 2. The number of rotatable bonds is 7. The Morgan fingerprint density at radius 1 is 1.09 bits per heavy atom. The molecule has 1 aromatic heterocycles. The number of esters is 1. The quantitative estimate of drug-likeness (QED) is 0.150. The minimum atomic E-state index is -4.50. The van der Waals surface area contributed by atoms with Gasteiger partial charge in [-0.1, -0.05) is 6.07 Å². The maximum atomic E-state index is 13.1. The van der Waals surface area contributed by atoms with E-state index in [1.54, 1.807) is 13.8 Å². The number of carbonyl (C=O) groups excluding carboxylic acids is 2. The summed E-state index contributed by atoms with van der Waals surface area (Å²) in [5, 5.41) is 10.7. The lowest BCUT2D eigenvalue weighted by atomic mass is 10.1. The molecule has 10 heteroatoms. The largest absolute Gasteiger partial charge is 0.454 e. The highest BCUT2D eigenvalue weighted by Gasteiger charge is 2.31. The molecule has 0 N–H and O–H groups in total. The minimum Gasteiger partial charge on any atom is -0.454 e. The number of non-ortho nitro benzene ring substituents is 1. The van der Waals surface area contributed by atoms with Crippen LogP contribution >= 0.6 is 0 Å². The first-order valence-corrected chi connectivity index (χ1v) is 9.96. The lowest BCUT2D eigenvalue weighted by Crippen LogP contribution is -2.13. The van der Waals surface area contributed by atoms with Crippen LogP contribution in [0.5, 0.6) is 0 Å². The normalized spacial score (nSPS) is 11.6. The molecule has 0 spiro atoms. The molecule has 3 aromatic rings. The van der Waals surface area contributed by atoms with Crippen LogP contribution in [0, 0.1) is 24.0 Å². The smallest absolute Gasteiger partial charge is 0.416 e. The summed E-state index contributed by atoms with van der Waals surface area (Å²) in [6, 6.07) is 11.8. The minimum absolute atomic E-state index is 0.0898. The Morgan fingerprint density at radius 3 is 2.38 bits per heavy atom. The van der Waals surface area contributed by atoms with Crippen molar-refractivity contribution >= 4 is 23.5 Å². The number of alkyl halides is 3. The van der Waals surface area contributed by atoms with Gasteiger partial charge in [0.05, 0.1) is 10.5 Å². The van der Waals surface area contributed by atoms with E-state index in [0.29, 0.717) is 17.0 Å². The van der Waals surface area contributed by atoms with Crippen LogP contribution < -0.4 is 0 Å². The van der Waals surface area contributed by atoms with Crippen LogP contribution in [-0.2, 0) is 15.7 Å². The SMILES string of the molecule is Cc1cc(C(=O)COC(=O)/C=C/c2ccc([N+](=O)[O-])cc2)c(C)n1-c1cccc(C(F)(F)F)c1. The predicted octanol–water partition coefficient (Wildman–Crippen LogP) is 5.46. The predicted molar refractivity (Wildman–Crippen MR) is 118 cm³/mol. The van der Waals surface area contributed by atoms with Crippen LogP contribution in [0.2, 0.25) is 0 Å². The number of aromatic nitrogens is 1. The van der Waals surface area contributed by atoms with E-state index in [-0.39, 0.29) is 16.9 Å². The second-order valence-corrected chi connectivity index (χ2v) is 7.38. The fraction of sp³-hybridized carbons (Fsp3) is 0.167. The summed E-state index contributed by atoms with van der Waals surface area (Å²) in [7, 11) is 0. The van der Waals surface area contributed by atoms with E-state index in [4.69, 9.17) is 4.74 Å². The van der Waals surface area contributed by atoms with E-state index >= 15 is 0 Å². The summed E-state index contributed by atoms with van der Waals surface area (Å²) in [6.45, 7) is 2.69. The van der Waals surface area contributed by atoms with Crippen LogP contribution in [0.3, 0.4) is 0 Å². The maximum Gasteiger partial charge on any atom is 0.416 e. The van der Waals surface area contributed by atoms with Crippen molar-refractivity contribution in [1.29, 1.82) is 0 Å². The molecule has 34 heavy (non-hydrogen) atoms. The van der Waals surface area contributed by atoms with Crippen molar-refractivity contribution in [3.8, 4) is 5.69 Å². The summed E-state index contributed by atoms with van der Waals surface area (Å²) >= 11 is 0. The summed E-state index contributed by atoms with van der Waals surface area (Å²) < 4.78 is 45.7. The molecule has 0 aliphatic heterocycles. The van der Waals surface area contributed by atoms with Gasteiger partial charge in [0.2, 0.25) is 5.78 Å². The van der Waals surface area contributed by atoms with Gasteiger partial charge in [-0.05, 0) is 61.9 Å². The third kappa shape index (κ3) is 5.58. The number of nitro benzene ring substituents is 1. The molecule has 0 saturated carbocycles. The standard InChI is InChI=1S/C24H19F3N2O5/c1-15-12-21(16(2)28(15)20-5-3-4-18(13-20)24(25,26)27)22(30)14-34-23(31)11-8-17-6-9-19(10-7-17)29(32)33/h3-13H,14H2,1-2H3/b11-8+. The molecular weight excluding hydrogens is 453 g/mol. The first kappa shape index (κ1) is 24.4. The molecule has 2 aromatic carbocycles. The van der Waals surface area contributed by atoms with Crippen molar-refractivity contribution in [1.82, 2.24) is 4.57 Å². The van der Waals surface area contributed by atoms with Gasteiger partial charge in [-0.3, -0.25) is 14.9 Å². The molecule has 0 aliphatic carbocycles.